The Bertz CT molecular complexity index is 1300. The molecule has 2 aromatic rings. The molecule has 9 nitrogen and oxygen atoms in total. The molecule has 2 aliphatic rings. The van der Waals surface area contributed by atoms with Crippen LogP contribution in [0.3, 0.4) is 0 Å². The third-order valence-electron chi connectivity index (χ3n) is 9.50. The SMILES string of the molecule is CCC(=O)N[C@@H](C(=O)NCC1CCC1)[C@@H](C)c1ccc(NC(=O)[C@@H](CC(=O)c2ccnn2CC)C2CCCCCC2)c(F)c1. The number of nitrogens with one attached hydrogen (secondary N) is 3. The van der Waals surface area contributed by atoms with E-state index in [1.807, 2.05) is 6.92 Å². The van der Waals surface area contributed by atoms with E-state index in [0.29, 0.717) is 30.3 Å². The number of nitrogens with zero attached hydrogens (tertiary/aromatic N) is 2. The number of hydrogen-bond donors (Lipinski definition) is 3. The van der Waals surface area contributed by atoms with Crippen molar-refractivity contribution in [3.8, 4) is 0 Å². The number of carbonyl (C=O) groups is 4. The molecule has 0 bridgehead atoms. The molecule has 1 aromatic carbocycles. The zero-order chi connectivity index (χ0) is 31.6. The molecule has 0 aliphatic heterocycles. The van der Waals surface area contributed by atoms with Crippen LogP contribution in [0.2, 0.25) is 0 Å². The van der Waals surface area contributed by atoms with Gasteiger partial charge in [-0.15, -0.1) is 0 Å². The van der Waals surface area contributed by atoms with E-state index in [0.717, 1.165) is 57.8 Å². The molecule has 2 saturated carbocycles. The van der Waals surface area contributed by atoms with Crippen LogP contribution in [0.1, 0.15) is 113 Å². The molecule has 0 radical (unpaired) electrons. The fourth-order valence-electron chi connectivity index (χ4n) is 6.39. The van der Waals surface area contributed by atoms with Crippen molar-refractivity contribution in [1.82, 2.24) is 20.4 Å². The maximum atomic E-state index is 15.5. The summed E-state index contributed by atoms with van der Waals surface area (Å²) >= 11 is 0. The van der Waals surface area contributed by atoms with Gasteiger partial charge in [-0.1, -0.05) is 52.0 Å². The van der Waals surface area contributed by atoms with Crippen LogP contribution in [0, 0.1) is 23.6 Å². The molecule has 1 heterocycles. The van der Waals surface area contributed by atoms with Crippen LogP contribution in [-0.2, 0) is 20.9 Å². The van der Waals surface area contributed by atoms with Crippen LogP contribution in [0.25, 0.3) is 0 Å². The molecule has 10 heteroatoms. The van der Waals surface area contributed by atoms with Gasteiger partial charge in [0.05, 0.1) is 5.69 Å². The van der Waals surface area contributed by atoms with Gasteiger partial charge in [-0.2, -0.15) is 5.10 Å². The Labute approximate surface area is 260 Å². The van der Waals surface area contributed by atoms with Crippen molar-refractivity contribution in [3.05, 3.63) is 47.5 Å². The number of rotatable bonds is 14. The lowest BCUT2D eigenvalue weighted by Crippen LogP contribution is -2.50. The second kappa shape index (κ2) is 16.0. The Hall–Kier alpha value is -3.56. The molecule has 0 saturated heterocycles. The lowest BCUT2D eigenvalue weighted by atomic mass is 9.81. The predicted molar refractivity (Wildman–Crippen MR) is 168 cm³/mol. The van der Waals surface area contributed by atoms with Crippen molar-refractivity contribution >= 4 is 29.2 Å². The molecule has 0 spiro atoms. The highest BCUT2D eigenvalue weighted by Gasteiger charge is 2.33. The van der Waals surface area contributed by atoms with Crippen LogP contribution in [-0.4, -0.2) is 45.9 Å². The Balaban J connectivity index is 1.49. The topological polar surface area (TPSA) is 122 Å². The van der Waals surface area contributed by atoms with E-state index in [-0.39, 0.29) is 48.0 Å². The maximum Gasteiger partial charge on any atom is 0.243 e. The highest BCUT2D eigenvalue weighted by molar-refractivity contribution is 6.00. The first-order chi connectivity index (χ1) is 21.2. The highest BCUT2D eigenvalue weighted by Crippen LogP contribution is 2.33. The summed E-state index contributed by atoms with van der Waals surface area (Å²) in [5, 5.41) is 12.7. The van der Waals surface area contributed by atoms with Gasteiger partial charge in [-0.25, -0.2) is 4.39 Å². The van der Waals surface area contributed by atoms with Crippen molar-refractivity contribution < 1.29 is 23.6 Å². The fraction of sp³-hybridized carbons (Fsp3) is 0.618. The average molecular weight is 610 g/mol. The Morgan fingerprint density at radius 2 is 1.70 bits per heavy atom. The van der Waals surface area contributed by atoms with E-state index in [2.05, 4.69) is 21.0 Å². The minimum Gasteiger partial charge on any atom is -0.354 e. The number of benzene rings is 1. The summed E-state index contributed by atoms with van der Waals surface area (Å²) in [6.45, 7) is 6.53. The molecule has 2 aliphatic carbocycles. The van der Waals surface area contributed by atoms with Gasteiger partial charge < -0.3 is 16.0 Å². The summed E-state index contributed by atoms with van der Waals surface area (Å²) in [6.07, 6.45) is 11.1. The lowest BCUT2D eigenvalue weighted by molar-refractivity contribution is -0.129. The van der Waals surface area contributed by atoms with Gasteiger partial charge >= 0.3 is 0 Å². The monoisotopic (exact) mass is 609 g/mol. The minimum atomic E-state index is -0.857. The molecule has 4 rings (SSSR count). The van der Waals surface area contributed by atoms with Crippen molar-refractivity contribution in [2.24, 2.45) is 17.8 Å². The Morgan fingerprint density at radius 3 is 2.32 bits per heavy atom. The van der Waals surface area contributed by atoms with Gasteiger partial charge in [-0.3, -0.25) is 23.9 Å². The second-order valence-electron chi connectivity index (χ2n) is 12.5. The van der Waals surface area contributed by atoms with Crippen LogP contribution >= 0.6 is 0 Å². The van der Waals surface area contributed by atoms with Gasteiger partial charge in [0.15, 0.2) is 5.78 Å². The van der Waals surface area contributed by atoms with Crippen LogP contribution in [0.5, 0.6) is 0 Å². The Morgan fingerprint density at radius 1 is 0.977 bits per heavy atom. The van der Waals surface area contributed by atoms with E-state index in [4.69, 9.17) is 0 Å². The minimum absolute atomic E-state index is 0.0270. The normalized spacial score (nSPS) is 17.9. The van der Waals surface area contributed by atoms with E-state index in [1.54, 1.807) is 36.9 Å². The van der Waals surface area contributed by atoms with E-state index >= 15 is 4.39 Å². The number of amides is 3. The number of hydrogen-bond acceptors (Lipinski definition) is 5. The maximum absolute atomic E-state index is 15.5. The zero-order valence-electron chi connectivity index (χ0n) is 26.4. The molecule has 44 heavy (non-hydrogen) atoms. The predicted octanol–water partition coefficient (Wildman–Crippen LogP) is 5.75. The van der Waals surface area contributed by atoms with Crippen LogP contribution < -0.4 is 16.0 Å². The van der Waals surface area contributed by atoms with Gasteiger partial charge in [0.1, 0.15) is 17.6 Å². The lowest BCUT2D eigenvalue weighted by Gasteiger charge is -2.29. The van der Waals surface area contributed by atoms with Crippen molar-refractivity contribution in [3.63, 3.8) is 0 Å². The summed E-state index contributed by atoms with van der Waals surface area (Å²) in [4.78, 5) is 52.4. The number of ketones is 1. The van der Waals surface area contributed by atoms with E-state index < -0.39 is 23.7 Å². The number of halogens is 1. The molecule has 1 aromatic heterocycles. The molecular weight excluding hydrogens is 561 g/mol. The van der Waals surface area contributed by atoms with Gasteiger partial charge in [-0.05, 0) is 68.2 Å². The summed E-state index contributed by atoms with van der Waals surface area (Å²) in [6, 6.07) is 5.32. The number of anilines is 1. The fourth-order valence-corrected chi connectivity index (χ4v) is 6.39. The smallest absolute Gasteiger partial charge is 0.243 e. The first kappa shape index (κ1) is 33.3. The average Bonchev–Trinajstić information content (AvgIpc) is 3.32. The van der Waals surface area contributed by atoms with E-state index in [9.17, 15) is 19.2 Å². The number of aryl methyl sites for hydroxylation is 1. The van der Waals surface area contributed by atoms with Crippen molar-refractivity contribution in [1.29, 1.82) is 0 Å². The van der Waals surface area contributed by atoms with Gasteiger partial charge in [0.2, 0.25) is 17.7 Å². The van der Waals surface area contributed by atoms with Gasteiger partial charge in [0, 0.05) is 44.0 Å². The first-order valence-corrected chi connectivity index (χ1v) is 16.4. The molecular formula is C34H48FN5O4. The molecule has 240 valence electrons. The summed E-state index contributed by atoms with van der Waals surface area (Å²) in [5.41, 5.74) is 1.04. The number of aromatic nitrogens is 2. The third kappa shape index (κ3) is 8.54. The molecule has 2 fully saturated rings. The quantitative estimate of drug-likeness (QED) is 0.186. The third-order valence-corrected chi connectivity index (χ3v) is 9.50. The first-order valence-electron chi connectivity index (χ1n) is 16.4. The molecule has 3 amide bonds. The molecule has 3 atom stereocenters. The summed E-state index contributed by atoms with van der Waals surface area (Å²) in [5.74, 6) is -2.29. The summed E-state index contributed by atoms with van der Waals surface area (Å²) < 4.78 is 17.2. The molecule has 0 unspecified atom stereocenters. The summed E-state index contributed by atoms with van der Waals surface area (Å²) in [7, 11) is 0. The van der Waals surface area contributed by atoms with Crippen molar-refractivity contribution in [2.45, 2.75) is 110 Å². The van der Waals surface area contributed by atoms with E-state index in [1.165, 1.54) is 12.1 Å². The number of carbonyl (C=O) groups excluding carboxylic acids is 4. The Kier molecular flexibility index (Phi) is 12.1. The van der Waals surface area contributed by atoms with Crippen LogP contribution in [0.4, 0.5) is 10.1 Å². The molecule has 3 N–H and O–H groups in total. The second-order valence-corrected chi connectivity index (χ2v) is 12.5. The largest absolute Gasteiger partial charge is 0.354 e. The van der Waals surface area contributed by atoms with Crippen LogP contribution in [0.15, 0.2) is 30.5 Å². The van der Waals surface area contributed by atoms with Crippen molar-refractivity contribution in [2.75, 3.05) is 11.9 Å². The standard InChI is InChI=1S/C34H48FN5O4/c1-4-31(42)39-32(34(44)36-21-23-11-10-12-23)22(3)25-15-16-28(27(35)19-25)38-33(43)26(24-13-8-6-7-9-14-24)20-30(41)29-17-18-37-40(29)5-2/h15-19,22-24,26,32H,4-14,20-21H2,1-3H3,(H,36,44)(H,38,43)(H,39,42)/t22-,26-,32+/m0/s1. The number of Topliss-reactive ketones (excluding diaryl/α,β-unsaturated/α-hetero) is 1. The highest BCUT2D eigenvalue weighted by atomic mass is 19.1. The zero-order valence-corrected chi connectivity index (χ0v) is 26.4. The van der Waals surface area contributed by atoms with Gasteiger partial charge in [0.25, 0.3) is 0 Å².